The van der Waals surface area contributed by atoms with Gasteiger partial charge >= 0.3 is 0 Å². The van der Waals surface area contributed by atoms with Gasteiger partial charge in [-0.1, -0.05) is 0 Å². The first-order chi connectivity index (χ1) is 5.65. The van der Waals surface area contributed by atoms with Gasteiger partial charge in [-0.2, -0.15) is 0 Å². The van der Waals surface area contributed by atoms with E-state index in [4.69, 9.17) is 5.73 Å². The van der Waals surface area contributed by atoms with Crippen molar-refractivity contribution in [1.29, 1.82) is 0 Å². The zero-order valence-corrected chi connectivity index (χ0v) is 7.55. The molecule has 1 amide bonds. The van der Waals surface area contributed by atoms with Crippen LogP contribution in [0.5, 0.6) is 0 Å². The Hall–Kier alpha value is -0.570. The van der Waals surface area contributed by atoms with Crippen molar-refractivity contribution in [3.8, 4) is 0 Å². The molecule has 1 atom stereocenters. The van der Waals surface area contributed by atoms with Gasteiger partial charge < -0.3 is 5.73 Å². The lowest BCUT2D eigenvalue weighted by Crippen LogP contribution is -2.61. The zero-order valence-electron chi connectivity index (χ0n) is 7.55. The number of rotatable bonds is 3. The molecule has 2 fully saturated rings. The molecule has 0 bridgehead atoms. The molecule has 2 rings (SSSR count). The van der Waals surface area contributed by atoms with Crippen LogP contribution < -0.4 is 5.73 Å². The maximum atomic E-state index is 11.3. The molecule has 68 valence electrons. The maximum Gasteiger partial charge on any atom is 0.237 e. The molecule has 1 saturated heterocycles. The number of carbonyl (C=O) groups excluding carboxylic acids is 1. The molecule has 0 aromatic heterocycles. The molecule has 0 aromatic carbocycles. The number of amides is 1. The minimum atomic E-state index is -0.321. The Balaban J connectivity index is 2.13. The maximum absolute atomic E-state index is 11.3. The largest absolute Gasteiger partial charge is 0.368 e. The van der Waals surface area contributed by atoms with E-state index in [1.54, 1.807) is 0 Å². The van der Waals surface area contributed by atoms with E-state index < -0.39 is 0 Å². The van der Waals surface area contributed by atoms with E-state index in [9.17, 15) is 4.79 Å². The first-order valence-electron chi connectivity index (χ1n) is 4.70. The summed E-state index contributed by atoms with van der Waals surface area (Å²) < 4.78 is 0. The van der Waals surface area contributed by atoms with E-state index in [1.165, 1.54) is 19.3 Å². The summed E-state index contributed by atoms with van der Waals surface area (Å²) in [6.07, 6.45) is 3.57. The van der Waals surface area contributed by atoms with Crippen molar-refractivity contribution in [2.24, 2.45) is 11.7 Å². The molecular formula is C9H16N2O. The molecule has 2 N–H and O–H groups in total. The second-order valence-corrected chi connectivity index (χ2v) is 4.13. The smallest absolute Gasteiger partial charge is 0.237 e. The van der Waals surface area contributed by atoms with E-state index in [0.717, 1.165) is 13.1 Å². The Kier molecular flexibility index (Phi) is 1.65. The molecule has 2 aliphatic rings. The molecule has 1 heterocycles. The van der Waals surface area contributed by atoms with Crippen molar-refractivity contribution < 1.29 is 4.79 Å². The summed E-state index contributed by atoms with van der Waals surface area (Å²) >= 11 is 0. The third-order valence-electron chi connectivity index (χ3n) is 3.38. The van der Waals surface area contributed by atoms with Gasteiger partial charge in [-0.05, 0) is 32.1 Å². The number of nitrogens with two attached hydrogens (primary N) is 1. The van der Waals surface area contributed by atoms with E-state index in [1.807, 2.05) is 6.92 Å². The quantitative estimate of drug-likeness (QED) is 0.660. The van der Waals surface area contributed by atoms with Gasteiger partial charge in [0, 0.05) is 13.1 Å². The third-order valence-corrected chi connectivity index (χ3v) is 3.38. The lowest BCUT2D eigenvalue weighted by molar-refractivity contribution is -0.133. The molecule has 1 unspecified atom stereocenters. The minimum Gasteiger partial charge on any atom is -0.368 e. The summed E-state index contributed by atoms with van der Waals surface area (Å²) in [5.74, 6) is 0.403. The van der Waals surface area contributed by atoms with Gasteiger partial charge in [-0.25, -0.2) is 0 Å². The minimum absolute atomic E-state index is 0.135. The Morgan fingerprint density at radius 1 is 1.50 bits per heavy atom. The molecule has 0 radical (unpaired) electrons. The van der Waals surface area contributed by atoms with Crippen LogP contribution in [0.15, 0.2) is 0 Å². The van der Waals surface area contributed by atoms with Crippen molar-refractivity contribution >= 4 is 5.91 Å². The molecule has 1 saturated carbocycles. The van der Waals surface area contributed by atoms with Crippen LogP contribution in [-0.2, 0) is 4.79 Å². The number of primary amides is 1. The Morgan fingerprint density at radius 3 is 2.33 bits per heavy atom. The Bertz CT molecular complexity index is 209. The van der Waals surface area contributed by atoms with Gasteiger partial charge in [-0.3, -0.25) is 9.69 Å². The summed E-state index contributed by atoms with van der Waals surface area (Å²) in [5.41, 5.74) is 5.12. The van der Waals surface area contributed by atoms with Crippen molar-refractivity contribution in [1.82, 2.24) is 4.90 Å². The number of carbonyl (C=O) groups is 1. The molecule has 1 aliphatic heterocycles. The van der Waals surface area contributed by atoms with Gasteiger partial charge in [0.15, 0.2) is 0 Å². The summed E-state index contributed by atoms with van der Waals surface area (Å²) in [6.45, 7) is 4.11. The van der Waals surface area contributed by atoms with Crippen LogP contribution in [-0.4, -0.2) is 29.4 Å². The monoisotopic (exact) mass is 168 g/mol. The highest BCUT2D eigenvalue weighted by Crippen LogP contribution is 2.44. The van der Waals surface area contributed by atoms with Crippen molar-refractivity contribution in [2.45, 2.75) is 31.7 Å². The summed E-state index contributed by atoms with van der Waals surface area (Å²) in [4.78, 5) is 13.5. The Morgan fingerprint density at radius 2 is 2.08 bits per heavy atom. The van der Waals surface area contributed by atoms with Gasteiger partial charge in [0.05, 0.1) is 0 Å². The highest BCUT2D eigenvalue weighted by atomic mass is 16.1. The molecule has 12 heavy (non-hydrogen) atoms. The fraction of sp³-hybridized carbons (Fsp3) is 0.889. The molecule has 0 aromatic rings. The standard InChI is InChI=1S/C9H16N2O/c1-9(8(10)12,7-3-4-7)11-5-2-6-11/h7H,2-6H2,1H3,(H2,10,12). The first-order valence-corrected chi connectivity index (χ1v) is 4.70. The molecule has 3 nitrogen and oxygen atoms in total. The van der Waals surface area contributed by atoms with E-state index >= 15 is 0 Å². The van der Waals surface area contributed by atoms with Crippen LogP contribution in [0.25, 0.3) is 0 Å². The van der Waals surface area contributed by atoms with E-state index in [-0.39, 0.29) is 11.4 Å². The number of likely N-dealkylation sites (tertiary alicyclic amines) is 1. The van der Waals surface area contributed by atoms with Crippen LogP contribution in [0.4, 0.5) is 0 Å². The van der Waals surface area contributed by atoms with E-state index in [2.05, 4.69) is 4.90 Å². The first kappa shape index (κ1) is 8.05. The number of nitrogens with zero attached hydrogens (tertiary/aromatic N) is 1. The summed E-state index contributed by atoms with van der Waals surface area (Å²) in [6, 6.07) is 0. The molecule has 1 aliphatic carbocycles. The fourth-order valence-corrected chi connectivity index (χ4v) is 2.04. The van der Waals surface area contributed by atoms with Crippen molar-refractivity contribution in [3.63, 3.8) is 0 Å². The fourth-order valence-electron chi connectivity index (χ4n) is 2.04. The summed E-state index contributed by atoms with van der Waals surface area (Å²) in [7, 11) is 0. The molecular weight excluding hydrogens is 152 g/mol. The summed E-state index contributed by atoms with van der Waals surface area (Å²) in [5, 5.41) is 0. The number of hydrogen-bond donors (Lipinski definition) is 1. The topological polar surface area (TPSA) is 46.3 Å². The van der Waals surface area contributed by atoms with Crippen molar-refractivity contribution in [3.05, 3.63) is 0 Å². The SMILES string of the molecule is CC(C(N)=O)(C1CC1)N1CCC1. The average molecular weight is 168 g/mol. The van der Waals surface area contributed by atoms with Crippen LogP contribution in [0, 0.1) is 5.92 Å². The third kappa shape index (κ3) is 0.959. The zero-order chi connectivity index (χ0) is 8.77. The second-order valence-electron chi connectivity index (χ2n) is 4.13. The normalized spacial score (nSPS) is 29.1. The predicted octanol–water partition coefficient (Wildman–Crippen LogP) is 0.346. The van der Waals surface area contributed by atoms with Crippen LogP contribution in [0.2, 0.25) is 0 Å². The van der Waals surface area contributed by atoms with Crippen LogP contribution in [0.3, 0.4) is 0 Å². The average Bonchev–Trinajstić information content (AvgIpc) is 2.62. The van der Waals surface area contributed by atoms with Gasteiger partial charge in [0.25, 0.3) is 0 Å². The lowest BCUT2D eigenvalue weighted by atomic mass is 9.89. The van der Waals surface area contributed by atoms with Gasteiger partial charge in [0.1, 0.15) is 5.54 Å². The second kappa shape index (κ2) is 2.46. The lowest BCUT2D eigenvalue weighted by Gasteiger charge is -2.45. The van der Waals surface area contributed by atoms with Gasteiger partial charge in [0.2, 0.25) is 5.91 Å². The van der Waals surface area contributed by atoms with Crippen molar-refractivity contribution in [2.75, 3.05) is 13.1 Å². The van der Waals surface area contributed by atoms with Crippen LogP contribution in [0.1, 0.15) is 26.2 Å². The van der Waals surface area contributed by atoms with E-state index in [0.29, 0.717) is 5.92 Å². The number of hydrogen-bond acceptors (Lipinski definition) is 2. The highest BCUT2D eigenvalue weighted by Gasteiger charge is 2.51. The highest BCUT2D eigenvalue weighted by molar-refractivity contribution is 5.85. The van der Waals surface area contributed by atoms with Crippen LogP contribution >= 0.6 is 0 Å². The molecule has 3 heteroatoms. The Labute approximate surface area is 72.9 Å². The van der Waals surface area contributed by atoms with Gasteiger partial charge in [-0.15, -0.1) is 0 Å². The molecule has 0 spiro atoms. The predicted molar refractivity (Wildman–Crippen MR) is 46.5 cm³/mol.